The number of nitrogens with zero attached hydrogens (tertiary/aromatic N) is 2. The lowest BCUT2D eigenvalue weighted by atomic mass is 10.1. The zero-order chi connectivity index (χ0) is 18.0. The van der Waals surface area contributed by atoms with Crippen molar-refractivity contribution in [1.82, 2.24) is 14.3 Å². The van der Waals surface area contributed by atoms with Crippen LogP contribution in [0.2, 0.25) is 5.02 Å². The molecule has 5 nitrogen and oxygen atoms in total. The van der Waals surface area contributed by atoms with E-state index < -0.39 is 21.9 Å². The minimum atomic E-state index is -3.82. The molecular weight excluding hydrogens is 365 g/mol. The van der Waals surface area contributed by atoms with Crippen molar-refractivity contribution < 1.29 is 12.8 Å². The minimum absolute atomic E-state index is 0.0826. The van der Waals surface area contributed by atoms with Crippen molar-refractivity contribution in [3.63, 3.8) is 0 Å². The van der Waals surface area contributed by atoms with E-state index in [1.165, 1.54) is 6.07 Å². The fraction of sp³-hybridized carbons (Fsp3) is 0.118. The number of benzene rings is 2. The number of sulfonamides is 1. The molecule has 2 aromatic carbocycles. The summed E-state index contributed by atoms with van der Waals surface area (Å²) in [6, 6.07) is 10.2. The van der Waals surface area contributed by atoms with Gasteiger partial charge >= 0.3 is 0 Å². The number of aromatic nitrogens is 2. The highest BCUT2D eigenvalue weighted by atomic mass is 35.5. The molecule has 25 heavy (non-hydrogen) atoms. The summed E-state index contributed by atoms with van der Waals surface area (Å²) in [7, 11) is -3.82. The topological polar surface area (TPSA) is 64.0 Å². The van der Waals surface area contributed by atoms with Crippen LogP contribution < -0.4 is 4.72 Å². The second-order valence-electron chi connectivity index (χ2n) is 5.48. The van der Waals surface area contributed by atoms with Gasteiger partial charge in [-0.05, 0) is 42.8 Å². The highest BCUT2D eigenvalue weighted by molar-refractivity contribution is 7.89. The summed E-state index contributed by atoms with van der Waals surface area (Å²) in [5.74, 6) is -0.663. The van der Waals surface area contributed by atoms with Crippen molar-refractivity contribution in [1.29, 1.82) is 0 Å². The first-order chi connectivity index (χ1) is 11.9. The number of halogens is 2. The van der Waals surface area contributed by atoms with Crippen LogP contribution in [0.4, 0.5) is 4.39 Å². The Morgan fingerprint density at radius 3 is 2.52 bits per heavy atom. The van der Waals surface area contributed by atoms with Crippen LogP contribution in [-0.4, -0.2) is 18.0 Å². The van der Waals surface area contributed by atoms with Crippen LogP contribution in [0.1, 0.15) is 18.5 Å². The van der Waals surface area contributed by atoms with Crippen LogP contribution >= 0.6 is 11.6 Å². The molecule has 1 unspecified atom stereocenters. The van der Waals surface area contributed by atoms with E-state index in [1.54, 1.807) is 19.4 Å². The largest absolute Gasteiger partial charge is 0.306 e. The molecule has 0 fully saturated rings. The summed E-state index contributed by atoms with van der Waals surface area (Å²) in [4.78, 5) is 3.90. The smallest absolute Gasteiger partial charge is 0.241 e. The standard InChI is InChI=1S/C17H15ClFN3O2S/c1-12(13-2-4-14(5-3-13)22-9-8-20-11-22)21-25(23,24)15-6-7-17(19)16(18)10-15/h2-12,21H,1H3. The van der Waals surface area contributed by atoms with Gasteiger partial charge in [-0.15, -0.1) is 0 Å². The summed E-state index contributed by atoms with van der Waals surface area (Å²) >= 11 is 5.67. The van der Waals surface area contributed by atoms with Crippen LogP contribution in [0.3, 0.4) is 0 Å². The summed E-state index contributed by atoms with van der Waals surface area (Å²) in [5.41, 5.74) is 1.71. The monoisotopic (exact) mass is 379 g/mol. The maximum Gasteiger partial charge on any atom is 0.241 e. The SMILES string of the molecule is CC(NS(=O)(=O)c1ccc(F)c(Cl)c1)c1ccc(-n2ccnc2)cc1. The number of nitrogens with one attached hydrogen (secondary N) is 1. The van der Waals surface area contributed by atoms with E-state index in [4.69, 9.17) is 11.6 Å². The van der Waals surface area contributed by atoms with E-state index in [-0.39, 0.29) is 9.92 Å². The van der Waals surface area contributed by atoms with Crippen molar-refractivity contribution in [2.45, 2.75) is 17.9 Å². The molecule has 1 N–H and O–H groups in total. The van der Waals surface area contributed by atoms with Gasteiger partial charge in [0, 0.05) is 24.1 Å². The fourth-order valence-corrected chi connectivity index (χ4v) is 3.86. The number of rotatable bonds is 5. The lowest BCUT2D eigenvalue weighted by Gasteiger charge is -2.15. The van der Waals surface area contributed by atoms with Crippen LogP contribution in [0, 0.1) is 5.82 Å². The molecule has 0 bridgehead atoms. The lowest BCUT2D eigenvalue weighted by molar-refractivity contribution is 0.566. The van der Waals surface area contributed by atoms with Crippen molar-refractivity contribution in [2.24, 2.45) is 0 Å². The average Bonchev–Trinajstić information content (AvgIpc) is 3.11. The van der Waals surface area contributed by atoms with E-state index in [0.29, 0.717) is 0 Å². The van der Waals surface area contributed by atoms with Gasteiger partial charge in [-0.1, -0.05) is 23.7 Å². The third kappa shape index (κ3) is 3.89. The Kier molecular flexibility index (Phi) is 4.89. The van der Waals surface area contributed by atoms with Gasteiger partial charge in [-0.3, -0.25) is 0 Å². The third-order valence-corrected chi connectivity index (χ3v) is 5.56. The Balaban J connectivity index is 1.78. The second kappa shape index (κ2) is 6.95. The molecule has 1 aromatic heterocycles. The van der Waals surface area contributed by atoms with Gasteiger partial charge in [0.2, 0.25) is 10.0 Å². The molecule has 130 valence electrons. The first-order valence-electron chi connectivity index (χ1n) is 7.42. The van der Waals surface area contributed by atoms with Crippen LogP contribution in [0.25, 0.3) is 5.69 Å². The Hall–Kier alpha value is -2.22. The minimum Gasteiger partial charge on any atom is -0.306 e. The number of imidazole rings is 1. The molecular formula is C17H15ClFN3O2S. The molecule has 1 heterocycles. The molecule has 0 amide bonds. The summed E-state index contributed by atoms with van der Waals surface area (Å²) < 4.78 is 42.5. The van der Waals surface area contributed by atoms with E-state index >= 15 is 0 Å². The van der Waals surface area contributed by atoms with Crippen molar-refractivity contribution in [2.75, 3.05) is 0 Å². The molecule has 0 spiro atoms. The first-order valence-corrected chi connectivity index (χ1v) is 9.28. The molecule has 1 atom stereocenters. The third-order valence-electron chi connectivity index (χ3n) is 3.73. The highest BCUT2D eigenvalue weighted by Gasteiger charge is 2.19. The van der Waals surface area contributed by atoms with Gasteiger partial charge in [-0.25, -0.2) is 22.5 Å². The maximum atomic E-state index is 13.2. The van der Waals surface area contributed by atoms with Crippen LogP contribution in [0.5, 0.6) is 0 Å². The Bertz CT molecular complexity index is 974. The second-order valence-corrected chi connectivity index (χ2v) is 7.60. The molecule has 0 radical (unpaired) electrons. The molecule has 0 aliphatic heterocycles. The normalized spacial score (nSPS) is 12.9. The quantitative estimate of drug-likeness (QED) is 0.735. The van der Waals surface area contributed by atoms with Crippen LogP contribution in [-0.2, 0) is 10.0 Å². The van der Waals surface area contributed by atoms with E-state index in [1.807, 2.05) is 35.0 Å². The molecule has 0 aliphatic rings. The molecule has 3 aromatic rings. The predicted molar refractivity (Wildman–Crippen MR) is 93.7 cm³/mol. The Morgan fingerprint density at radius 1 is 1.20 bits per heavy atom. The number of hydrogen-bond acceptors (Lipinski definition) is 3. The molecule has 8 heteroatoms. The van der Waals surface area contributed by atoms with Gasteiger partial charge in [0.25, 0.3) is 0 Å². The van der Waals surface area contributed by atoms with E-state index in [9.17, 15) is 12.8 Å². The average molecular weight is 380 g/mol. The lowest BCUT2D eigenvalue weighted by Crippen LogP contribution is -2.27. The maximum absolute atomic E-state index is 13.2. The summed E-state index contributed by atoms with van der Waals surface area (Å²) in [6.07, 6.45) is 5.18. The zero-order valence-corrected chi connectivity index (χ0v) is 14.8. The van der Waals surface area contributed by atoms with Crippen molar-refractivity contribution in [3.8, 4) is 5.69 Å². The van der Waals surface area contributed by atoms with Gasteiger partial charge in [0.05, 0.1) is 16.2 Å². The highest BCUT2D eigenvalue weighted by Crippen LogP contribution is 2.22. The molecule has 0 aliphatic carbocycles. The first kappa shape index (κ1) is 17.6. The molecule has 3 rings (SSSR count). The summed E-state index contributed by atoms with van der Waals surface area (Å²) in [6.45, 7) is 1.73. The summed E-state index contributed by atoms with van der Waals surface area (Å²) in [5, 5.41) is -0.236. The van der Waals surface area contributed by atoms with Gasteiger partial charge in [0.15, 0.2) is 0 Å². The van der Waals surface area contributed by atoms with Crippen LogP contribution in [0.15, 0.2) is 66.1 Å². The fourth-order valence-electron chi connectivity index (χ4n) is 2.36. The van der Waals surface area contributed by atoms with Gasteiger partial charge in [0.1, 0.15) is 5.82 Å². The van der Waals surface area contributed by atoms with E-state index in [2.05, 4.69) is 9.71 Å². The Labute approximate surface area is 150 Å². The van der Waals surface area contributed by atoms with Gasteiger partial charge < -0.3 is 4.57 Å². The molecule has 0 saturated heterocycles. The predicted octanol–water partition coefficient (Wildman–Crippen LogP) is 3.70. The van der Waals surface area contributed by atoms with Crippen molar-refractivity contribution in [3.05, 3.63) is 77.6 Å². The van der Waals surface area contributed by atoms with Gasteiger partial charge in [-0.2, -0.15) is 0 Å². The number of hydrogen-bond donors (Lipinski definition) is 1. The molecule has 0 saturated carbocycles. The van der Waals surface area contributed by atoms with E-state index in [0.717, 1.165) is 23.4 Å². The Morgan fingerprint density at radius 2 is 1.92 bits per heavy atom. The zero-order valence-electron chi connectivity index (χ0n) is 13.2. The van der Waals surface area contributed by atoms with Crippen molar-refractivity contribution >= 4 is 21.6 Å².